The van der Waals surface area contributed by atoms with Gasteiger partial charge >= 0.3 is 0 Å². The van der Waals surface area contributed by atoms with Crippen LogP contribution < -0.4 is 0 Å². The molecule has 0 aromatic carbocycles. The fraction of sp³-hybridized carbons (Fsp3) is 0.444. The average Bonchev–Trinajstić information content (AvgIpc) is 2.75. The number of aromatic nitrogens is 2. The first kappa shape index (κ1) is 7.73. The van der Waals surface area contributed by atoms with Gasteiger partial charge in [-0.3, -0.25) is 19.6 Å². The summed E-state index contributed by atoms with van der Waals surface area (Å²) < 4.78 is 0. The Morgan fingerprint density at radius 3 is 2.71 bits per heavy atom. The monoisotopic (exact) mass is 191 g/mol. The molecule has 2 aliphatic rings. The minimum Gasteiger partial charge on any atom is -0.285 e. The average molecular weight is 191 g/mol. The molecule has 1 aromatic heterocycles. The molecule has 1 saturated heterocycles. The Balaban J connectivity index is 1.80. The van der Waals surface area contributed by atoms with Gasteiger partial charge in [0.05, 0.1) is 24.6 Å². The lowest BCUT2D eigenvalue weighted by molar-refractivity contribution is -0.142. The van der Waals surface area contributed by atoms with Crippen LogP contribution in [-0.4, -0.2) is 26.9 Å². The summed E-state index contributed by atoms with van der Waals surface area (Å²) >= 11 is 0. The number of aromatic amines is 1. The number of carbonyl (C=O) groups excluding carboxylic acids is 2. The van der Waals surface area contributed by atoms with Crippen LogP contribution in [-0.2, 0) is 16.1 Å². The number of amides is 2. The maximum atomic E-state index is 11.6. The summed E-state index contributed by atoms with van der Waals surface area (Å²) in [6.45, 7) is 0.362. The third-order valence-corrected chi connectivity index (χ3v) is 2.85. The number of fused-ring (bicyclic) bond motifs is 1. The molecule has 0 bridgehead atoms. The van der Waals surface area contributed by atoms with E-state index in [0.717, 1.165) is 12.0 Å². The summed E-state index contributed by atoms with van der Waals surface area (Å²) in [5, 5.41) is 6.43. The number of nitrogens with zero attached hydrogens (tertiary/aromatic N) is 2. The number of likely N-dealkylation sites (tertiary alicyclic amines) is 1. The molecule has 1 aliphatic carbocycles. The van der Waals surface area contributed by atoms with Gasteiger partial charge in [-0.1, -0.05) is 0 Å². The lowest BCUT2D eigenvalue weighted by Gasteiger charge is -2.14. The van der Waals surface area contributed by atoms with Gasteiger partial charge in [-0.15, -0.1) is 0 Å². The van der Waals surface area contributed by atoms with Gasteiger partial charge < -0.3 is 0 Å². The first-order chi connectivity index (χ1) is 6.77. The summed E-state index contributed by atoms with van der Waals surface area (Å²) in [6, 6.07) is 0. The molecule has 2 atom stereocenters. The van der Waals surface area contributed by atoms with Gasteiger partial charge in [0.15, 0.2) is 0 Å². The lowest BCUT2D eigenvalue weighted by atomic mass is 10.3. The topological polar surface area (TPSA) is 66.1 Å². The minimum atomic E-state index is -0.0128. The number of H-pyrrole nitrogens is 1. The second kappa shape index (κ2) is 2.43. The van der Waals surface area contributed by atoms with Gasteiger partial charge in [0.25, 0.3) is 0 Å². The van der Waals surface area contributed by atoms with Gasteiger partial charge in [-0.2, -0.15) is 5.10 Å². The van der Waals surface area contributed by atoms with E-state index in [4.69, 9.17) is 0 Å². The van der Waals surface area contributed by atoms with Crippen LogP contribution >= 0.6 is 0 Å². The molecule has 1 saturated carbocycles. The van der Waals surface area contributed by atoms with Crippen molar-refractivity contribution in [3.8, 4) is 0 Å². The predicted molar refractivity (Wildman–Crippen MR) is 45.7 cm³/mol. The second-order valence-corrected chi connectivity index (χ2v) is 3.82. The Morgan fingerprint density at radius 2 is 2.14 bits per heavy atom. The number of hydrogen-bond acceptors (Lipinski definition) is 3. The van der Waals surface area contributed by atoms with Gasteiger partial charge in [0.2, 0.25) is 11.8 Å². The highest BCUT2D eigenvalue weighted by Gasteiger charge is 2.58. The van der Waals surface area contributed by atoms with Crippen LogP contribution in [0.5, 0.6) is 0 Å². The van der Waals surface area contributed by atoms with Crippen LogP contribution in [0.1, 0.15) is 12.0 Å². The largest absolute Gasteiger partial charge is 0.285 e. The molecule has 1 N–H and O–H groups in total. The number of imide groups is 1. The fourth-order valence-electron chi connectivity index (χ4n) is 1.95. The molecule has 1 aromatic rings. The van der Waals surface area contributed by atoms with Crippen molar-refractivity contribution in [2.45, 2.75) is 13.0 Å². The van der Waals surface area contributed by atoms with Crippen molar-refractivity contribution >= 4 is 11.8 Å². The van der Waals surface area contributed by atoms with Crippen LogP contribution in [0.4, 0.5) is 0 Å². The summed E-state index contributed by atoms with van der Waals surface area (Å²) in [5.74, 6) is -0.0359. The molecule has 5 nitrogen and oxygen atoms in total. The minimum absolute atomic E-state index is 0.00518. The Kier molecular flexibility index (Phi) is 1.34. The Bertz CT molecular complexity index is 378. The Labute approximate surface area is 80.1 Å². The Hall–Kier alpha value is -1.65. The molecular formula is C9H9N3O2. The molecular weight excluding hydrogens is 182 g/mol. The standard InChI is InChI=1S/C9H9N3O2/c13-8-6-1-7(6)9(14)12(8)4-5-2-10-11-3-5/h2-3,6-7H,1,4H2,(H,10,11). The molecule has 14 heavy (non-hydrogen) atoms. The number of hydrogen-bond donors (Lipinski definition) is 1. The molecule has 5 heteroatoms. The van der Waals surface area contributed by atoms with Crippen molar-refractivity contribution in [2.75, 3.05) is 0 Å². The first-order valence-electron chi connectivity index (χ1n) is 4.60. The first-order valence-corrected chi connectivity index (χ1v) is 4.60. The van der Waals surface area contributed by atoms with E-state index >= 15 is 0 Å². The smallest absolute Gasteiger partial charge is 0.233 e. The van der Waals surface area contributed by atoms with Gasteiger partial charge in [-0.25, -0.2) is 0 Å². The van der Waals surface area contributed by atoms with E-state index in [9.17, 15) is 9.59 Å². The molecule has 2 fully saturated rings. The number of nitrogens with one attached hydrogen (secondary N) is 1. The molecule has 0 spiro atoms. The van der Waals surface area contributed by atoms with Crippen LogP contribution in [0.15, 0.2) is 12.4 Å². The van der Waals surface area contributed by atoms with E-state index in [0.29, 0.717) is 6.54 Å². The number of piperidine rings is 1. The van der Waals surface area contributed by atoms with E-state index < -0.39 is 0 Å². The quantitative estimate of drug-likeness (QED) is 0.664. The van der Waals surface area contributed by atoms with Gasteiger partial charge in [0.1, 0.15) is 0 Å². The van der Waals surface area contributed by atoms with E-state index in [-0.39, 0.29) is 23.7 Å². The molecule has 3 rings (SSSR count). The summed E-state index contributed by atoms with van der Waals surface area (Å²) in [5.41, 5.74) is 0.869. The third kappa shape index (κ3) is 0.921. The highest BCUT2D eigenvalue weighted by Crippen LogP contribution is 2.47. The van der Waals surface area contributed by atoms with E-state index in [1.807, 2.05) is 0 Å². The summed E-state index contributed by atoms with van der Waals surface area (Å²) in [6.07, 6.45) is 4.09. The fourth-order valence-corrected chi connectivity index (χ4v) is 1.95. The van der Waals surface area contributed by atoms with Crippen molar-refractivity contribution in [3.63, 3.8) is 0 Å². The van der Waals surface area contributed by atoms with Crippen LogP contribution in [0.2, 0.25) is 0 Å². The summed E-state index contributed by atoms with van der Waals surface area (Å²) in [4.78, 5) is 24.5. The highest BCUT2D eigenvalue weighted by atomic mass is 16.2. The number of carbonyl (C=O) groups is 2. The van der Waals surface area contributed by atoms with Crippen molar-refractivity contribution < 1.29 is 9.59 Å². The van der Waals surface area contributed by atoms with Crippen molar-refractivity contribution in [1.82, 2.24) is 15.1 Å². The zero-order chi connectivity index (χ0) is 9.71. The summed E-state index contributed by atoms with van der Waals surface area (Å²) in [7, 11) is 0. The molecule has 0 radical (unpaired) electrons. The van der Waals surface area contributed by atoms with E-state index in [1.165, 1.54) is 4.90 Å². The molecule has 2 unspecified atom stereocenters. The number of rotatable bonds is 2. The van der Waals surface area contributed by atoms with Crippen LogP contribution in [0.25, 0.3) is 0 Å². The van der Waals surface area contributed by atoms with Crippen LogP contribution in [0, 0.1) is 11.8 Å². The maximum absolute atomic E-state index is 11.6. The molecule has 2 amide bonds. The lowest BCUT2D eigenvalue weighted by Crippen LogP contribution is -2.32. The Morgan fingerprint density at radius 1 is 1.43 bits per heavy atom. The zero-order valence-electron chi connectivity index (χ0n) is 7.43. The third-order valence-electron chi connectivity index (χ3n) is 2.85. The predicted octanol–water partition coefficient (Wildman–Crippen LogP) is -0.0854. The molecule has 2 heterocycles. The second-order valence-electron chi connectivity index (χ2n) is 3.82. The van der Waals surface area contributed by atoms with E-state index in [2.05, 4.69) is 10.2 Å². The highest BCUT2D eigenvalue weighted by molar-refractivity contribution is 6.08. The maximum Gasteiger partial charge on any atom is 0.233 e. The van der Waals surface area contributed by atoms with E-state index in [1.54, 1.807) is 12.4 Å². The zero-order valence-corrected chi connectivity index (χ0v) is 7.43. The molecule has 1 aliphatic heterocycles. The van der Waals surface area contributed by atoms with Crippen LogP contribution in [0.3, 0.4) is 0 Å². The molecule has 72 valence electrons. The van der Waals surface area contributed by atoms with Crippen molar-refractivity contribution in [1.29, 1.82) is 0 Å². The normalized spacial score (nSPS) is 29.6. The van der Waals surface area contributed by atoms with Crippen molar-refractivity contribution in [2.24, 2.45) is 11.8 Å². The SMILES string of the molecule is O=C1C2CC2C(=O)N1Cc1cn[nH]c1. The van der Waals surface area contributed by atoms with Gasteiger partial charge in [0, 0.05) is 11.8 Å². The van der Waals surface area contributed by atoms with Gasteiger partial charge in [-0.05, 0) is 6.42 Å². The van der Waals surface area contributed by atoms with Crippen molar-refractivity contribution in [3.05, 3.63) is 18.0 Å².